The second-order valence-corrected chi connectivity index (χ2v) is 7.84. The van der Waals surface area contributed by atoms with E-state index in [2.05, 4.69) is 15.2 Å². The number of aromatic nitrogens is 4. The summed E-state index contributed by atoms with van der Waals surface area (Å²) in [6.45, 7) is 1.91. The highest BCUT2D eigenvalue weighted by molar-refractivity contribution is 7.91. The molecule has 0 bridgehead atoms. The van der Waals surface area contributed by atoms with Crippen molar-refractivity contribution < 1.29 is 8.42 Å². The molecule has 1 aliphatic heterocycles. The second kappa shape index (κ2) is 4.49. The number of hydrogen-bond donors (Lipinski definition) is 1. The lowest BCUT2D eigenvalue weighted by Crippen LogP contribution is -2.32. The summed E-state index contributed by atoms with van der Waals surface area (Å²) in [6.07, 6.45) is 3.90. The molecule has 0 spiro atoms. The van der Waals surface area contributed by atoms with Gasteiger partial charge in [-0.25, -0.2) is 8.42 Å². The van der Waals surface area contributed by atoms with Gasteiger partial charge in [-0.15, -0.1) is 0 Å². The molecule has 1 N–H and O–H groups in total. The van der Waals surface area contributed by atoms with Gasteiger partial charge in [0.05, 0.1) is 17.0 Å². The molecule has 3 heterocycles. The van der Waals surface area contributed by atoms with Crippen LogP contribution in [0.2, 0.25) is 0 Å². The molecule has 20 heavy (non-hydrogen) atoms. The lowest BCUT2D eigenvalue weighted by molar-refractivity contribution is 0.364. The van der Waals surface area contributed by atoms with Crippen LogP contribution in [0.15, 0.2) is 24.5 Å². The SMILES string of the molecule is CC1(n2c(-c3cccnc3)n[nH]c2=S)CCS(=O)(=O)C1. The van der Waals surface area contributed by atoms with E-state index >= 15 is 0 Å². The molecule has 8 heteroatoms. The first-order valence-corrected chi connectivity index (χ1v) is 8.43. The van der Waals surface area contributed by atoms with E-state index in [1.54, 1.807) is 12.4 Å². The Morgan fingerprint density at radius 1 is 1.50 bits per heavy atom. The van der Waals surface area contributed by atoms with Gasteiger partial charge in [-0.05, 0) is 37.7 Å². The summed E-state index contributed by atoms with van der Waals surface area (Å²) in [5.41, 5.74) is 0.249. The molecule has 106 valence electrons. The first-order valence-electron chi connectivity index (χ1n) is 6.20. The van der Waals surface area contributed by atoms with Crippen LogP contribution in [0, 0.1) is 4.77 Å². The van der Waals surface area contributed by atoms with E-state index in [-0.39, 0.29) is 11.5 Å². The number of nitrogens with zero attached hydrogens (tertiary/aromatic N) is 3. The third-order valence-corrected chi connectivity index (χ3v) is 5.78. The Labute approximate surface area is 121 Å². The standard InChI is InChI=1S/C12H14N4O2S2/c1-12(4-6-20(17,18)8-12)16-10(14-15-11(16)19)9-3-2-5-13-7-9/h2-3,5,7H,4,6,8H2,1H3,(H,15,19). The molecular formula is C12H14N4O2S2. The van der Waals surface area contributed by atoms with Gasteiger partial charge in [0, 0.05) is 18.0 Å². The minimum Gasteiger partial charge on any atom is -0.293 e. The molecular weight excluding hydrogens is 296 g/mol. The van der Waals surface area contributed by atoms with Gasteiger partial charge in [0.1, 0.15) is 0 Å². The van der Waals surface area contributed by atoms with E-state index in [1.165, 1.54) is 0 Å². The van der Waals surface area contributed by atoms with E-state index in [4.69, 9.17) is 12.2 Å². The van der Waals surface area contributed by atoms with Gasteiger partial charge in [0.2, 0.25) is 0 Å². The minimum absolute atomic E-state index is 0.0844. The predicted molar refractivity (Wildman–Crippen MR) is 77.6 cm³/mol. The maximum atomic E-state index is 11.8. The fourth-order valence-electron chi connectivity index (χ4n) is 2.66. The number of hydrogen-bond acceptors (Lipinski definition) is 5. The van der Waals surface area contributed by atoms with Crippen molar-refractivity contribution in [3.63, 3.8) is 0 Å². The first kappa shape index (κ1) is 13.4. The Morgan fingerprint density at radius 2 is 2.30 bits per heavy atom. The van der Waals surface area contributed by atoms with E-state index in [1.807, 2.05) is 23.6 Å². The van der Waals surface area contributed by atoms with Gasteiger partial charge in [-0.1, -0.05) is 0 Å². The quantitative estimate of drug-likeness (QED) is 0.851. The van der Waals surface area contributed by atoms with Crippen LogP contribution in [0.4, 0.5) is 0 Å². The maximum Gasteiger partial charge on any atom is 0.195 e. The van der Waals surface area contributed by atoms with Crippen molar-refractivity contribution in [3.8, 4) is 11.4 Å². The summed E-state index contributed by atoms with van der Waals surface area (Å²) in [5.74, 6) is 0.895. The molecule has 1 saturated heterocycles. The van der Waals surface area contributed by atoms with Crippen LogP contribution in [-0.4, -0.2) is 39.7 Å². The summed E-state index contributed by atoms with van der Waals surface area (Å²) in [6, 6.07) is 3.69. The molecule has 1 aliphatic rings. The van der Waals surface area contributed by atoms with Crippen molar-refractivity contribution in [3.05, 3.63) is 29.3 Å². The van der Waals surface area contributed by atoms with Crippen molar-refractivity contribution in [2.45, 2.75) is 18.9 Å². The van der Waals surface area contributed by atoms with Crippen molar-refractivity contribution in [2.75, 3.05) is 11.5 Å². The fraction of sp³-hybridized carbons (Fsp3) is 0.417. The van der Waals surface area contributed by atoms with Crippen LogP contribution in [0.1, 0.15) is 13.3 Å². The summed E-state index contributed by atoms with van der Waals surface area (Å²) >= 11 is 5.29. The van der Waals surface area contributed by atoms with Gasteiger partial charge < -0.3 is 0 Å². The number of aromatic amines is 1. The van der Waals surface area contributed by atoms with E-state index < -0.39 is 15.4 Å². The monoisotopic (exact) mass is 310 g/mol. The highest BCUT2D eigenvalue weighted by Gasteiger charge is 2.41. The van der Waals surface area contributed by atoms with Crippen LogP contribution in [0.25, 0.3) is 11.4 Å². The maximum absolute atomic E-state index is 11.8. The zero-order valence-electron chi connectivity index (χ0n) is 10.9. The molecule has 0 aliphatic carbocycles. The highest BCUT2D eigenvalue weighted by Crippen LogP contribution is 2.34. The van der Waals surface area contributed by atoms with Crippen LogP contribution in [-0.2, 0) is 15.4 Å². The molecule has 2 aromatic heterocycles. The smallest absolute Gasteiger partial charge is 0.195 e. The van der Waals surface area contributed by atoms with Gasteiger partial charge in [0.25, 0.3) is 0 Å². The van der Waals surface area contributed by atoms with Gasteiger partial charge in [0.15, 0.2) is 20.4 Å². The Kier molecular flexibility index (Phi) is 3.02. The Bertz CT molecular complexity index is 794. The number of nitrogens with one attached hydrogen (secondary N) is 1. The molecule has 0 radical (unpaired) electrons. The summed E-state index contributed by atoms with van der Waals surface area (Å²) in [4.78, 5) is 4.07. The van der Waals surface area contributed by atoms with Crippen molar-refractivity contribution >= 4 is 22.1 Å². The van der Waals surface area contributed by atoms with Crippen molar-refractivity contribution in [1.29, 1.82) is 0 Å². The lowest BCUT2D eigenvalue weighted by atomic mass is 10.0. The number of H-pyrrole nitrogens is 1. The zero-order chi connectivity index (χ0) is 14.4. The molecule has 0 aromatic carbocycles. The first-order chi connectivity index (χ1) is 9.41. The average Bonchev–Trinajstić information content (AvgIpc) is 2.92. The Hall–Kier alpha value is -1.54. The summed E-state index contributed by atoms with van der Waals surface area (Å²) < 4.78 is 25.9. The van der Waals surface area contributed by atoms with Crippen LogP contribution in [0.3, 0.4) is 0 Å². The van der Waals surface area contributed by atoms with E-state index in [0.29, 0.717) is 17.0 Å². The summed E-state index contributed by atoms with van der Waals surface area (Å²) in [7, 11) is -3.02. The van der Waals surface area contributed by atoms with E-state index in [0.717, 1.165) is 5.56 Å². The molecule has 6 nitrogen and oxygen atoms in total. The molecule has 1 unspecified atom stereocenters. The lowest BCUT2D eigenvalue weighted by Gasteiger charge is -2.25. The molecule has 3 rings (SSSR count). The van der Waals surface area contributed by atoms with Gasteiger partial charge >= 0.3 is 0 Å². The number of rotatable bonds is 2. The Morgan fingerprint density at radius 3 is 2.90 bits per heavy atom. The van der Waals surface area contributed by atoms with Crippen LogP contribution >= 0.6 is 12.2 Å². The van der Waals surface area contributed by atoms with Crippen LogP contribution in [0.5, 0.6) is 0 Å². The predicted octanol–water partition coefficient (Wildman–Crippen LogP) is 1.54. The zero-order valence-corrected chi connectivity index (χ0v) is 12.5. The summed E-state index contributed by atoms with van der Waals surface area (Å²) in [5, 5.41) is 6.99. The fourth-order valence-corrected chi connectivity index (χ4v) is 5.12. The van der Waals surface area contributed by atoms with Crippen LogP contribution < -0.4 is 0 Å². The topological polar surface area (TPSA) is 80.6 Å². The molecule has 1 atom stereocenters. The molecule has 0 saturated carbocycles. The molecule has 0 amide bonds. The van der Waals surface area contributed by atoms with Crippen molar-refractivity contribution in [1.82, 2.24) is 19.7 Å². The molecule has 2 aromatic rings. The highest BCUT2D eigenvalue weighted by atomic mass is 32.2. The average molecular weight is 310 g/mol. The number of pyridine rings is 1. The van der Waals surface area contributed by atoms with Gasteiger partial charge in [-0.3, -0.25) is 14.6 Å². The van der Waals surface area contributed by atoms with E-state index in [9.17, 15) is 8.42 Å². The third kappa shape index (κ3) is 2.18. The molecule has 1 fully saturated rings. The third-order valence-electron chi connectivity index (χ3n) is 3.61. The number of sulfone groups is 1. The largest absolute Gasteiger partial charge is 0.293 e. The second-order valence-electron chi connectivity index (χ2n) is 5.27. The Balaban J connectivity index is 2.16. The normalized spacial score (nSPS) is 24.9. The minimum atomic E-state index is -3.02. The van der Waals surface area contributed by atoms with Gasteiger partial charge in [-0.2, -0.15) is 5.10 Å². The van der Waals surface area contributed by atoms with Crippen molar-refractivity contribution in [2.24, 2.45) is 0 Å².